The molecule has 0 amide bonds. The number of thiophene rings is 1. The molecule has 0 bridgehead atoms. The first-order valence-electron chi connectivity index (χ1n) is 6.39. The Morgan fingerprint density at radius 2 is 2.15 bits per heavy atom. The van der Waals surface area contributed by atoms with Gasteiger partial charge in [0, 0.05) is 15.9 Å². The van der Waals surface area contributed by atoms with Gasteiger partial charge in [0.2, 0.25) is 0 Å². The first-order valence-corrected chi connectivity index (χ1v) is 8.06. The topological polar surface area (TPSA) is 38.3 Å². The highest BCUT2D eigenvalue weighted by Gasteiger charge is 2.23. The SMILES string of the molecule is CCOC(=O)C(NCc1cccs1)c1ccccc1Br. The highest BCUT2D eigenvalue weighted by Crippen LogP contribution is 2.25. The fraction of sp³-hybridized carbons (Fsp3) is 0.267. The number of esters is 1. The predicted octanol–water partition coefficient (Wildman–Crippen LogP) is 3.90. The van der Waals surface area contributed by atoms with Gasteiger partial charge in [-0.3, -0.25) is 5.32 Å². The number of hydrogen-bond acceptors (Lipinski definition) is 4. The zero-order chi connectivity index (χ0) is 14.4. The highest BCUT2D eigenvalue weighted by molar-refractivity contribution is 9.10. The van der Waals surface area contributed by atoms with Crippen molar-refractivity contribution in [1.29, 1.82) is 0 Å². The summed E-state index contributed by atoms with van der Waals surface area (Å²) < 4.78 is 6.06. The van der Waals surface area contributed by atoms with Crippen LogP contribution in [0.4, 0.5) is 0 Å². The first-order chi connectivity index (χ1) is 9.72. The molecule has 1 atom stereocenters. The molecule has 0 fully saturated rings. The summed E-state index contributed by atoms with van der Waals surface area (Å²) in [5.74, 6) is -0.254. The van der Waals surface area contributed by atoms with E-state index in [-0.39, 0.29) is 5.97 Å². The Balaban J connectivity index is 2.16. The van der Waals surface area contributed by atoms with Crippen molar-refractivity contribution in [3.05, 3.63) is 56.7 Å². The Kier molecular flexibility index (Phi) is 5.76. The molecule has 0 aliphatic heterocycles. The van der Waals surface area contributed by atoms with Gasteiger partial charge < -0.3 is 4.74 Å². The summed E-state index contributed by atoms with van der Waals surface area (Å²) in [6.45, 7) is 2.83. The van der Waals surface area contributed by atoms with Crippen LogP contribution in [0.25, 0.3) is 0 Å². The lowest BCUT2D eigenvalue weighted by atomic mass is 10.1. The maximum atomic E-state index is 12.2. The molecule has 1 aromatic heterocycles. The van der Waals surface area contributed by atoms with Gasteiger partial charge in [-0.05, 0) is 30.0 Å². The number of halogens is 1. The third kappa shape index (κ3) is 3.91. The van der Waals surface area contributed by atoms with Crippen molar-refractivity contribution in [2.45, 2.75) is 19.5 Å². The van der Waals surface area contributed by atoms with E-state index in [0.29, 0.717) is 13.2 Å². The third-order valence-electron chi connectivity index (χ3n) is 2.80. The zero-order valence-electron chi connectivity index (χ0n) is 11.1. The second kappa shape index (κ2) is 7.57. The second-order valence-corrected chi connectivity index (χ2v) is 6.05. The van der Waals surface area contributed by atoms with Crippen LogP contribution in [0.3, 0.4) is 0 Å². The van der Waals surface area contributed by atoms with Crippen molar-refractivity contribution in [2.24, 2.45) is 0 Å². The molecule has 1 aromatic carbocycles. The Morgan fingerprint density at radius 1 is 1.35 bits per heavy atom. The quantitative estimate of drug-likeness (QED) is 0.800. The first kappa shape index (κ1) is 15.2. The van der Waals surface area contributed by atoms with Gasteiger partial charge in [0.1, 0.15) is 6.04 Å². The molecule has 2 rings (SSSR count). The van der Waals surface area contributed by atoms with Crippen LogP contribution >= 0.6 is 27.3 Å². The number of carbonyl (C=O) groups excluding carboxylic acids is 1. The smallest absolute Gasteiger partial charge is 0.327 e. The number of carbonyl (C=O) groups is 1. The van der Waals surface area contributed by atoms with Crippen molar-refractivity contribution in [1.82, 2.24) is 5.32 Å². The Hall–Kier alpha value is -1.17. The third-order valence-corrected chi connectivity index (χ3v) is 4.40. The Morgan fingerprint density at radius 3 is 2.80 bits per heavy atom. The molecular formula is C15H16BrNO2S. The monoisotopic (exact) mass is 353 g/mol. The van der Waals surface area contributed by atoms with E-state index in [9.17, 15) is 4.79 Å². The van der Waals surface area contributed by atoms with E-state index in [1.54, 1.807) is 11.3 Å². The molecule has 20 heavy (non-hydrogen) atoms. The zero-order valence-corrected chi connectivity index (χ0v) is 13.5. The Bertz CT molecular complexity index is 557. The number of rotatable bonds is 6. The van der Waals surface area contributed by atoms with E-state index in [4.69, 9.17) is 4.74 Å². The fourth-order valence-electron chi connectivity index (χ4n) is 1.87. The molecule has 0 radical (unpaired) electrons. The van der Waals surface area contributed by atoms with E-state index in [2.05, 4.69) is 21.2 Å². The van der Waals surface area contributed by atoms with E-state index in [1.807, 2.05) is 48.7 Å². The molecule has 3 nitrogen and oxygen atoms in total. The lowest BCUT2D eigenvalue weighted by molar-refractivity contribution is -0.145. The van der Waals surface area contributed by atoms with Gasteiger partial charge in [-0.1, -0.05) is 40.2 Å². The van der Waals surface area contributed by atoms with Crippen molar-refractivity contribution < 1.29 is 9.53 Å². The molecule has 2 aromatic rings. The molecule has 0 aliphatic carbocycles. The maximum absolute atomic E-state index is 12.2. The molecule has 0 spiro atoms. The minimum absolute atomic E-state index is 0.254. The molecule has 5 heteroatoms. The van der Waals surface area contributed by atoms with Crippen LogP contribution in [-0.4, -0.2) is 12.6 Å². The van der Waals surface area contributed by atoms with E-state index in [0.717, 1.165) is 10.0 Å². The van der Waals surface area contributed by atoms with Gasteiger partial charge in [0.25, 0.3) is 0 Å². The van der Waals surface area contributed by atoms with Crippen LogP contribution in [0.1, 0.15) is 23.4 Å². The summed E-state index contributed by atoms with van der Waals surface area (Å²) in [7, 11) is 0. The number of hydrogen-bond donors (Lipinski definition) is 1. The molecule has 1 heterocycles. The second-order valence-electron chi connectivity index (χ2n) is 4.17. The standard InChI is InChI=1S/C15H16BrNO2S/c1-2-19-15(18)14(12-7-3-4-8-13(12)16)17-10-11-6-5-9-20-11/h3-9,14,17H,2,10H2,1H3. The van der Waals surface area contributed by atoms with Gasteiger partial charge in [-0.15, -0.1) is 11.3 Å². The average molecular weight is 354 g/mol. The van der Waals surface area contributed by atoms with Crippen LogP contribution in [0, 0.1) is 0 Å². The van der Waals surface area contributed by atoms with Crippen LogP contribution in [0.2, 0.25) is 0 Å². The minimum Gasteiger partial charge on any atom is -0.465 e. The number of benzene rings is 1. The number of nitrogens with one attached hydrogen (secondary N) is 1. The predicted molar refractivity (Wildman–Crippen MR) is 84.7 cm³/mol. The van der Waals surface area contributed by atoms with Gasteiger partial charge in [0.05, 0.1) is 6.61 Å². The lowest BCUT2D eigenvalue weighted by Gasteiger charge is -2.18. The van der Waals surface area contributed by atoms with Crippen molar-refractivity contribution in [3.8, 4) is 0 Å². The van der Waals surface area contributed by atoms with Gasteiger partial charge in [-0.25, -0.2) is 4.79 Å². The molecular weight excluding hydrogens is 338 g/mol. The summed E-state index contributed by atoms with van der Waals surface area (Å²) in [5, 5.41) is 5.29. The molecule has 1 N–H and O–H groups in total. The summed E-state index contributed by atoms with van der Waals surface area (Å²) in [4.78, 5) is 13.3. The van der Waals surface area contributed by atoms with Crippen molar-refractivity contribution in [3.63, 3.8) is 0 Å². The summed E-state index contributed by atoms with van der Waals surface area (Å²) in [5.41, 5.74) is 0.891. The van der Waals surface area contributed by atoms with Crippen molar-refractivity contribution in [2.75, 3.05) is 6.61 Å². The molecule has 1 unspecified atom stereocenters. The Labute approximate surface area is 131 Å². The van der Waals surface area contributed by atoms with Gasteiger partial charge in [0.15, 0.2) is 0 Å². The van der Waals surface area contributed by atoms with Crippen LogP contribution < -0.4 is 5.32 Å². The molecule has 0 aliphatic rings. The summed E-state index contributed by atoms with van der Waals surface area (Å²) in [6, 6.07) is 11.3. The van der Waals surface area contributed by atoms with Crippen LogP contribution in [-0.2, 0) is 16.1 Å². The summed E-state index contributed by atoms with van der Waals surface area (Å²) >= 11 is 5.15. The van der Waals surface area contributed by atoms with Crippen LogP contribution in [0.5, 0.6) is 0 Å². The largest absolute Gasteiger partial charge is 0.465 e. The maximum Gasteiger partial charge on any atom is 0.327 e. The lowest BCUT2D eigenvalue weighted by Crippen LogP contribution is -2.30. The van der Waals surface area contributed by atoms with Gasteiger partial charge >= 0.3 is 5.97 Å². The molecule has 106 valence electrons. The molecule has 0 saturated heterocycles. The fourth-order valence-corrected chi connectivity index (χ4v) is 3.04. The number of ether oxygens (including phenoxy) is 1. The highest BCUT2D eigenvalue weighted by atomic mass is 79.9. The molecule has 0 saturated carbocycles. The average Bonchev–Trinajstić information content (AvgIpc) is 2.94. The van der Waals surface area contributed by atoms with E-state index >= 15 is 0 Å². The van der Waals surface area contributed by atoms with E-state index < -0.39 is 6.04 Å². The van der Waals surface area contributed by atoms with Gasteiger partial charge in [-0.2, -0.15) is 0 Å². The van der Waals surface area contributed by atoms with Crippen LogP contribution in [0.15, 0.2) is 46.3 Å². The van der Waals surface area contributed by atoms with Crippen molar-refractivity contribution >= 4 is 33.2 Å². The van der Waals surface area contributed by atoms with E-state index in [1.165, 1.54) is 4.88 Å². The minimum atomic E-state index is -0.465. The normalized spacial score (nSPS) is 12.1. The summed E-state index contributed by atoms with van der Waals surface area (Å²) in [6.07, 6.45) is 0.